The topological polar surface area (TPSA) is 112 Å². The largest absolute Gasteiger partial charge is 0.462 e. The molecule has 0 aliphatic carbocycles. The van der Waals surface area contributed by atoms with Crippen molar-refractivity contribution in [2.45, 2.75) is 34.2 Å². The molecule has 31 heavy (non-hydrogen) atoms. The molecule has 3 aromatic rings. The number of nitrogens with zero attached hydrogens (tertiary/aromatic N) is 3. The average molecular weight is 424 g/mol. The molecule has 1 amide bonds. The SMILES string of the molecule is CCOC(=O)c1cc(C)nc2c1c(=O)n(CC(=O)Nc1ccc(C)c(C)c1)c(=O)n2C. The maximum atomic E-state index is 13.2. The van der Waals surface area contributed by atoms with E-state index in [4.69, 9.17) is 4.74 Å². The highest BCUT2D eigenvalue weighted by atomic mass is 16.5. The molecule has 0 atom stereocenters. The van der Waals surface area contributed by atoms with E-state index in [1.165, 1.54) is 13.1 Å². The quantitative estimate of drug-likeness (QED) is 0.626. The van der Waals surface area contributed by atoms with Gasteiger partial charge in [0, 0.05) is 18.4 Å². The number of carbonyl (C=O) groups excluding carboxylic acids is 2. The molecule has 0 radical (unpaired) electrons. The second-order valence-corrected chi connectivity index (χ2v) is 7.31. The van der Waals surface area contributed by atoms with Gasteiger partial charge < -0.3 is 10.1 Å². The Hall–Kier alpha value is -3.75. The van der Waals surface area contributed by atoms with E-state index in [-0.39, 0.29) is 23.2 Å². The van der Waals surface area contributed by atoms with Crippen molar-refractivity contribution >= 4 is 28.6 Å². The van der Waals surface area contributed by atoms with Crippen molar-refractivity contribution in [2.75, 3.05) is 11.9 Å². The number of anilines is 1. The van der Waals surface area contributed by atoms with Crippen molar-refractivity contribution in [1.29, 1.82) is 0 Å². The third-order valence-corrected chi connectivity index (χ3v) is 5.01. The second kappa shape index (κ2) is 8.55. The Balaban J connectivity index is 2.09. The van der Waals surface area contributed by atoms with Gasteiger partial charge in [0.05, 0.1) is 17.6 Å². The number of benzene rings is 1. The van der Waals surface area contributed by atoms with Crippen LogP contribution in [-0.2, 0) is 23.1 Å². The van der Waals surface area contributed by atoms with Gasteiger partial charge in [0.25, 0.3) is 5.56 Å². The standard InChI is InChI=1S/C22H24N4O5/c1-6-31-21(29)16-10-14(4)23-19-18(16)20(28)26(22(30)25(19)5)11-17(27)24-15-8-7-12(2)13(3)9-15/h7-10H,6,11H2,1-5H3,(H,24,27). The molecule has 0 bridgehead atoms. The molecule has 0 aliphatic rings. The predicted octanol–water partition coefficient (Wildman–Crippen LogP) is 1.84. The number of aromatic nitrogens is 3. The van der Waals surface area contributed by atoms with E-state index >= 15 is 0 Å². The van der Waals surface area contributed by atoms with Crippen molar-refractivity contribution in [3.63, 3.8) is 0 Å². The summed E-state index contributed by atoms with van der Waals surface area (Å²) < 4.78 is 6.99. The van der Waals surface area contributed by atoms with Crippen LogP contribution in [-0.4, -0.2) is 32.6 Å². The fraction of sp³-hybridized carbons (Fsp3) is 0.318. The summed E-state index contributed by atoms with van der Waals surface area (Å²) in [6.45, 7) is 6.79. The second-order valence-electron chi connectivity index (χ2n) is 7.31. The Morgan fingerprint density at radius 1 is 1.10 bits per heavy atom. The third-order valence-electron chi connectivity index (χ3n) is 5.01. The molecule has 2 aromatic heterocycles. The van der Waals surface area contributed by atoms with Gasteiger partial charge in [-0.15, -0.1) is 0 Å². The lowest BCUT2D eigenvalue weighted by atomic mass is 10.1. The van der Waals surface area contributed by atoms with E-state index in [0.717, 1.165) is 20.3 Å². The van der Waals surface area contributed by atoms with Crippen LogP contribution in [0.5, 0.6) is 0 Å². The summed E-state index contributed by atoms with van der Waals surface area (Å²) in [5.41, 5.74) is 1.67. The van der Waals surface area contributed by atoms with Crippen molar-refractivity contribution in [2.24, 2.45) is 7.05 Å². The molecule has 162 valence electrons. The number of hydrogen-bond acceptors (Lipinski definition) is 6. The van der Waals surface area contributed by atoms with E-state index in [1.54, 1.807) is 26.0 Å². The lowest BCUT2D eigenvalue weighted by molar-refractivity contribution is -0.116. The first-order chi connectivity index (χ1) is 14.6. The van der Waals surface area contributed by atoms with Gasteiger partial charge >= 0.3 is 11.7 Å². The number of esters is 1. The van der Waals surface area contributed by atoms with Crippen LogP contribution < -0.4 is 16.6 Å². The number of ether oxygens (including phenoxy) is 1. The van der Waals surface area contributed by atoms with Crippen LogP contribution in [0.2, 0.25) is 0 Å². The van der Waals surface area contributed by atoms with Crippen LogP contribution >= 0.6 is 0 Å². The zero-order valence-corrected chi connectivity index (χ0v) is 18.1. The van der Waals surface area contributed by atoms with Gasteiger partial charge in [-0.2, -0.15) is 0 Å². The van der Waals surface area contributed by atoms with E-state index in [0.29, 0.717) is 11.4 Å². The summed E-state index contributed by atoms with van der Waals surface area (Å²) in [5.74, 6) is -1.24. The minimum atomic E-state index is -0.774. The van der Waals surface area contributed by atoms with Gasteiger partial charge in [-0.25, -0.2) is 14.6 Å². The van der Waals surface area contributed by atoms with Gasteiger partial charge in [0.1, 0.15) is 12.2 Å². The van der Waals surface area contributed by atoms with Crippen molar-refractivity contribution in [1.82, 2.24) is 14.1 Å². The van der Waals surface area contributed by atoms with Crippen molar-refractivity contribution in [3.05, 3.63) is 67.5 Å². The normalized spacial score (nSPS) is 10.9. The maximum Gasteiger partial charge on any atom is 0.339 e. The van der Waals surface area contributed by atoms with Gasteiger partial charge in [0.2, 0.25) is 5.91 Å². The van der Waals surface area contributed by atoms with Crippen molar-refractivity contribution < 1.29 is 14.3 Å². The fourth-order valence-corrected chi connectivity index (χ4v) is 3.28. The van der Waals surface area contributed by atoms with E-state index in [2.05, 4.69) is 10.3 Å². The molecular formula is C22H24N4O5. The van der Waals surface area contributed by atoms with E-state index in [1.807, 2.05) is 19.9 Å². The van der Waals surface area contributed by atoms with Crippen LogP contribution in [0.15, 0.2) is 33.9 Å². The average Bonchev–Trinajstić information content (AvgIpc) is 2.71. The summed E-state index contributed by atoms with van der Waals surface area (Å²) in [6, 6.07) is 6.85. The Kier molecular flexibility index (Phi) is 6.05. The molecule has 1 N–H and O–H groups in total. The third kappa shape index (κ3) is 4.25. The summed E-state index contributed by atoms with van der Waals surface area (Å²) in [5, 5.41) is 2.63. The Morgan fingerprint density at radius 3 is 2.45 bits per heavy atom. The number of hydrogen-bond donors (Lipinski definition) is 1. The van der Waals surface area contributed by atoms with Crippen LogP contribution in [0.4, 0.5) is 5.69 Å². The van der Waals surface area contributed by atoms with Crippen molar-refractivity contribution in [3.8, 4) is 0 Å². The highest BCUT2D eigenvalue weighted by molar-refractivity contribution is 6.02. The predicted molar refractivity (Wildman–Crippen MR) is 116 cm³/mol. The van der Waals surface area contributed by atoms with Crippen LogP contribution in [0, 0.1) is 20.8 Å². The highest BCUT2D eigenvalue weighted by Gasteiger charge is 2.22. The molecule has 0 unspecified atom stereocenters. The molecule has 2 heterocycles. The minimum absolute atomic E-state index is 0.00766. The Morgan fingerprint density at radius 2 is 1.81 bits per heavy atom. The molecule has 3 rings (SSSR count). The van der Waals surface area contributed by atoms with Gasteiger partial charge in [-0.05, 0) is 57.0 Å². The Labute approximate surface area is 178 Å². The maximum absolute atomic E-state index is 13.2. The lowest BCUT2D eigenvalue weighted by Crippen LogP contribution is -2.42. The minimum Gasteiger partial charge on any atom is -0.462 e. The van der Waals surface area contributed by atoms with E-state index in [9.17, 15) is 19.2 Å². The molecule has 1 aromatic carbocycles. The van der Waals surface area contributed by atoms with Crippen LogP contribution in [0.1, 0.15) is 34.1 Å². The molecule has 0 saturated heterocycles. The number of carbonyl (C=O) groups is 2. The molecule has 0 aliphatic heterocycles. The summed E-state index contributed by atoms with van der Waals surface area (Å²) in [7, 11) is 1.43. The summed E-state index contributed by atoms with van der Waals surface area (Å²) in [4.78, 5) is 55.2. The molecule has 9 heteroatoms. The smallest absolute Gasteiger partial charge is 0.339 e. The van der Waals surface area contributed by atoms with Gasteiger partial charge in [0.15, 0.2) is 0 Å². The number of nitrogens with one attached hydrogen (secondary N) is 1. The van der Waals surface area contributed by atoms with Crippen LogP contribution in [0.25, 0.3) is 11.0 Å². The molecule has 0 fully saturated rings. The lowest BCUT2D eigenvalue weighted by Gasteiger charge is -2.13. The number of aryl methyl sites for hydroxylation is 4. The summed E-state index contributed by atoms with van der Waals surface area (Å²) >= 11 is 0. The number of fused-ring (bicyclic) bond motifs is 1. The zero-order chi connectivity index (χ0) is 22.9. The fourth-order valence-electron chi connectivity index (χ4n) is 3.28. The van der Waals surface area contributed by atoms with Gasteiger partial charge in [-0.1, -0.05) is 6.07 Å². The zero-order valence-electron chi connectivity index (χ0n) is 18.1. The number of pyridine rings is 1. The number of amides is 1. The molecular weight excluding hydrogens is 400 g/mol. The summed E-state index contributed by atoms with van der Waals surface area (Å²) in [6.07, 6.45) is 0. The first-order valence-electron chi connectivity index (χ1n) is 9.79. The monoisotopic (exact) mass is 424 g/mol. The molecule has 9 nitrogen and oxygen atoms in total. The van der Waals surface area contributed by atoms with Crippen LogP contribution in [0.3, 0.4) is 0 Å². The molecule has 0 spiro atoms. The number of rotatable bonds is 5. The molecule has 0 saturated carbocycles. The first kappa shape index (κ1) is 21.9. The highest BCUT2D eigenvalue weighted by Crippen LogP contribution is 2.16. The van der Waals surface area contributed by atoms with E-state index < -0.39 is 29.7 Å². The first-order valence-corrected chi connectivity index (χ1v) is 9.79. The van der Waals surface area contributed by atoms with Gasteiger partial charge in [-0.3, -0.25) is 18.7 Å². The Bertz CT molecular complexity index is 1320.